The van der Waals surface area contributed by atoms with Gasteiger partial charge in [-0.25, -0.2) is 18.9 Å². The van der Waals surface area contributed by atoms with Crippen LogP contribution in [0.2, 0.25) is 10.0 Å². The number of hydrogen-bond donors (Lipinski definition) is 1. The molecule has 2 saturated heterocycles. The van der Waals surface area contributed by atoms with Gasteiger partial charge in [0.05, 0.1) is 28.4 Å². The molecule has 0 radical (unpaired) electrons. The number of ether oxygens (including phenoxy) is 3. The summed E-state index contributed by atoms with van der Waals surface area (Å²) in [6.45, 7) is 7.23. The molecule has 2 aliphatic heterocycles. The Labute approximate surface area is 305 Å². The molecule has 2 atom stereocenters. The van der Waals surface area contributed by atoms with E-state index in [0.29, 0.717) is 44.6 Å². The van der Waals surface area contributed by atoms with E-state index in [2.05, 4.69) is 15.3 Å². The van der Waals surface area contributed by atoms with Gasteiger partial charge in [-0.3, -0.25) is 9.17 Å². The van der Waals surface area contributed by atoms with Crippen molar-refractivity contribution in [2.75, 3.05) is 37.5 Å². The number of benzene rings is 1. The summed E-state index contributed by atoms with van der Waals surface area (Å²) < 4.78 is 64.1. The molecule has 1 unspecified atom stereocenters. The maximum Gasteiger partial charge on any atom is 0.408 e. The van der Waals surface area contributed by atoms with Crippen molar-refractivity contribution in [3.05, 3.63) is 64.3 Å². The number of hydrogen-bond acceptors (Lipinski definition) is 11. The number of fused-ring (bicyclic) bond motifs is 1. The van der Waals surface area contributed by atoms with Crippen LogP contribution >= 0.6 is 23.2 Å². The van der Waals surface area contributed by atoms with Gasteiger partial charge in [0.2, 0.25) is 0 Å². The van der Waals surface area contributed by atoms with Crippen LogP contribution in [0.5, 0.6) is 5.75 Å². The molecule has 0 bridgehead atoms. The molecular weight excluding hydrogens is 726 g/mol. The van der Waals surface area contributed by atoms with E-state index >= 15 is 4.39 Å². The van der Waals surface area contributed by atoms with Gasteiger partial charge >= 0.3 is 6.09 Å². The summed E-state index contributed by atoms with van der Waals surface area (Å²) in [6, 6.07) is 6.88. The van der Waals surface area contributed by atoms with E-state index in [4.69, 9.17) is 46.7 Å². The first-order valence-electron chi connectivity index (χ1n) is 16.4. The van der Waals surface area contributed by atoms with Crippen LogP contribution in [0.15, 0.2) is 42.9 Å². The average molecular weight is 766 g/mol. The second-order valence-electron chi connectivity index (χ2n) is 13.8. The van der Waals surface area contributed by atoms with E-state index in [1.807, 2.05) is 29.8 Å². The maximum absolute atomic E-state index is 15.9. The smallest absolute Gasteiger partial charge is 0.408 e. The third kappa shape index (κ3) is 8.49. The third-order valence-corrected chi connectivity index (χ3v) is 9.56. The number of anilines is 1. The summed E-state index contributed by atoms with van der Waals surface area (Å²) >= 11 is 12.8. The Kier molecular flexibility index (Phi) is 10.4. The van der Waals surface area contributed by atoms with Crippen molar-refractivity contribution < 1.29 is 36.0 Å². The lowest BCUT2D eigenvalue weighted by Crippen LogP contribution is -2.73. The minimum absolute atomic E-state index is 0.0167. The summed E-state index contributed by atoms with van der Waals surface area (Å²) in [5.74, 6) is -0.106. The summed E-state index contributed by atoms with van der Waals surface area (Å²) in [7, 11) is -3.82. The number of carbonyl (C=O) groups excluding carboxylic acids is 1. The van der Waals surface area contributed by atoms with Gasteiger partial charge in [-0.15, -0.1) is 0 Å². The Morgan fingerprint density at radius 3 is 2.51 bits per heavy atom. The highest BCUT2D eigenvalue weighted by Gasteiger charge is 2.47. The summed E-state index contributed by atoms with van der Waals surface area (Å²) in [5, 5.41) is 9.06. The molecule has 13 nitrogen and oxygen atoms in total. The highest BCUT2D eigenvalue weighted by atomic mass is 35.5. The number of carbonyl (C=O) groups is 1. The van der Waals surface area contributed by atoms with Crippen molar-refractivity contribution in [2.45, 2.75) is 70.4 Å². The minimum atomic E-state index is -3.82. The van der Waals surface area contributed by atoms with Gasteiger partial charge in [0.15, 0.2) is 17.9 Å². The standard InChI is InChI=1S/C34H39Cl2FN6O7S/c1-20(29-24(35)15-38-16-25(29)36)49-22-9-10-27-23(13-22)30(41-43(27)28-8-6-7-11-47-28)21-12-26(37)31(39-14-21)42-17-34(18-42,19-48-51(5,45)46)40-32(44)50-33(2,3)4/h9-10,12-16,20,28H,6-8,11,17-19H2,1-5H3,(H,40,44)/t20-,28?/m1/s1. The van der Waals surface area contributed by atoms with Crippen molar-refractivity contribution in [1.82, 2.24) is 25.1 Å². The number of nitrogens with zero attached hydrogens (tertiary/aromatic N) is 5. The molecule has 2 fully saturated rings. The molecule has 17 heteroatoms. The molecule has 1 N–H and O–H groups in total. The average Bonchev–Trinajstić information content (AvgIpc) is 3.40. The molecule has 4 aromatic rings. The molecule has 6 rings (SSSR count). The first-order chi connectivity index (χ1) is 24.0. The number of alkyl carbamates (subject to hydrolysis) is 1. The SMILES string of the molecule is C[C@@H](Oc1ccc2c(c1)c(-c1cnc(N3CC(COS(C)(=O)=O)(NC(=O)OC(C)(C)C)C3)c(F)c1)nn2C1CCCCO1)c1c(Cl)cncc1Cl. The summed E-state index contributed by atoms with van der Waals surface area (Å²) in [4.78, 5) is 22.7. The zero-order chi connectivity index (χ0) is 36.7. The van der Waals surface area contributed by atoms with Crippen LogP contribution < -0.4 is 15.0 Å². The van der Waals surface area contributed by atoms with Gasteiger partial charge in [-0.05, 0) is 71.2 Å². The molecule has 1 amide bonds. The Morgan fingerprint density at radius 1 is 1.16 bits per heavy atom. The molecular formula is C34H39Cl2FN6O7S. The van der Waals surface area contributed by atoms with Crippen molar-refractivity contribution in [3.63, 3.8) is 0 Å². The van der Waals surface area contributed by atoms with E-state index in [-0.39, 0.29) is 31.7 Å². The van der Waals surface area contributed by atoms with Crippen molar-refractivity contribution in [2.24, 2.45) is 0 Å². The normalized spacial score (nSPS) is 18.3. The van der Waals surface area contributed by atoms with Crippen molar-refractivity contribution in [1.29, 1.82) is 0 Å². The first kappa shape index (κ1) is 37.0. The van der Waals surface area contributed by atoms with Crippen molar-refractivity contribution >= 4 is 56.1 Å². The van der Waals surface area contributed by atoms with Crippen LogP contribution in [-0.4, -0.2) is 78.0 Å². The first-order valence-corrected chi connectivity index (χ1v) is 18.9. The molecule has 2 aliphatic rings. The number of rotatable bonds is 10. The van der Waals surface area contributed by atoms with Gasteiger partial charge in [0.1, 0.15) is 28.7 Å². The van der Waals surface area contributed by atoms with Gasteiger partial charge in [0, 0.05) is 54.8 Å². The highest BCUT2D eigenvalue weighted by molar-refractivity contribution is 7.86. The minimum Gasteiger partial charge on any atom is -0.486 e. The van der Waals surface area contributed by atoms with E-state index < -0.39 is 39.3 Å². The fourth-order valence-electron chi connectivity index (χ4n) is 6.19. The number of pyridine rings is 2. The van der Waals surface area contributed by atoms with Crippen LogP contribution in [0.1, 0.15) is 64.9 Å². The van der Waals surface area contributed by atoms with E-state index in [1.54, 1.807) is 25.7 Å². The molecule has 0 spiro atoms. The molecule has 274 valence electrons. The number of aromatic nitrogens is 4. The molecule has 3 aromatic heterocycles. The number of amides is 1. The molecule has 0 saturated carbocycles. The van der Waals surface area contributed by atoms with E-state index in [1.165, 1.54) is 24.7 Å². The highest BCUT2D eigenvalue weighted by Crippen LogP contribution is 2.39. The maximum atomic E-state index is 15.9. The zero-order valence-corrected chi connectivity index (χ0v) is 31.1. The third-order valence-electron chi connectivity index (χ3n) is 8.41. The van der Waals surface area contributed by atoms with Crippen LogP contribution in [0.3, 0.4) is 0 Å². The second-order valence-corrected chi connectivity index (χ2v) is 16.3. The Morgan fingerprint density at radius 2 is 1.88 bits per heavy atom. The monoisotopic (exact) mass is 764 g/mol. The molecule has 5 heterocycles. The van der Waals surface area contributed by atoms with Gasteiger partial charge in [-0.1, -0.05) is 23.2 Å². The van der Waals surface area contributed by atoms with Crippen LogP contribution in [-0.2, 0) is 23.8 Å². The second kappa shape index (κ2) is 14.3. The Bertz CT molecular complexity index is 2030. The summed E-state index contributed by atoms with van der Waals surface area (Å²) in [5.41, 5.74) is 0.309. The van der Waals surface area contributed by atoms with E-state index in [9.17, 15) is 13.2 Å². The lowest BCUT2D eigenvalue weighted by atomic mass is 9.90. The molecule has 1 aromatic carbocycles. The van der Waals surface area contributed by atoms with Gasteiger partial charge in [-0.2, -0.15) is 13.5 Å². The quantitative estimate of drug-likeness (QED) is 0.169. The largest absolute Gasteiger partial charge is 0.486 e. The van der Waals surface area contributed by atoms with Crippen molar-refractivity contribution in [3.8, 4) is 17.0 Å². The van der Waals surface area contributed by atoms with Crippen LogP contribution in [0.25, 0.3) is 22.2 Å². The topological polar surface area (TPSA) is 147 Å². The number of halogens is 3. The summed E-state index contributed by atoms with van der Waals surface area (Å²) in [6.07, 6.45) is 6.59. The molecule has 0 aliphatic carbocycles. The van der Waals surface area contributed by atoms with Crippen LogP contribution in [0, 0.1) is 5.82 Å². The lowest BCUT2D eigenvalue weighted by molar-refractivity contribution is -0.0365. The van der Waals surface area contributed by atoms with E-state index in [0.717, 1.165) is 31.0 Å². The predicted molar refractivity (Wildman–Crippen MR) is 190 cm³/mol. The predicted octanol–water partition coefficient (Wildman–Crippen LogP) is 6.84. The van der Waals surface area contributed by atoms with Gasteiger partial charge in [0.25, 0.3) is 10.1 Å². The number of nitrogens with one attached hydrogen (secondary N) is 1. The van der Waals surface area contributed by atoms with Gasteiger partial charge < -0.3 is 24.4 Å². The Balaban J connectivity index is 1.29. The fraction of sp³-hybridized carbons (Fsp3) is 0.471. The van der Waals surface area contributed by atoms with Crippen LogP contribution in [0.4, 0.5) is 15.0 Å². The lowest BCUT2D eigenvalue weighted by Gasteiger charge is -2.50. The molecule has 51 heavy (non-hydrogen) atoms. The Hall–Kier alpha value is -3.76. The zero-order valence-electron chi connectivity index (χ0n) is 28.8. The fourth-order valence-corrected chi connectivity index (χ4v) is 7.30.